The number of hydrogen-bond donors (Lipinski definition) is 1. The van der Waals surface area contributed by atoms with Crippen molar-refractivity contribution in [2.45, 2.75) is 32.0 Å². The van der Waals surface area contributed by atoms with Gasteiger partial charge in [0.2, 0.25) is 17.7 Å². The molecule has 0 aliphatic carbocycles. The molecule has 0 radical (unpaired) electrons. The van der Waals surface area contributed by atoms with Crippen molar-refractivity contribution in [3.05, 3.63) is 95.1 Å². The number of imide groups is 2. The first kappa shape index (κ1) is 28.4. The van der Waals surface area contributed by atoms with Crippen LogP contribution in [0.15, 0.2) is 72.8 Å². The number of carbonyl (C=O) groups is 5. The van der Waals surface area contributed by atoms with Crippen LogP contribution in [0.5, 0.6) is 0 Å². The van der Waals surface area contributed by atoms with Crippen molar-refractivity contribution in [1.29, 1.82) is 0 Å². The van der Waals surface area contributed by atoms with E-state index in [2.05, 4.69) is 10.2 Å². The fourth-order valence-corrected chi connectivity index (χ4v) is 5.88. The molecule has 2 fully saturated rings. The monoisotopic (exact) mass is 580 g/mol. The van der Waals surface area contributed by atoms with Crippen molar-refractivity contribution < 1.29 is 28.7 Å². The van der Waals surface area contributed by atoms with E-state index in [1.54, 1.807) is 18.2 Å². The van der Waals surface area contributed by atoms with E-state index in [0.717, 1.165) is 41.2 Å². The first-order valence-electron chi connectivity index (χ1n) is 14.4. The zero-order valence-electron chi connectivity index (χ0n) is 23.7. The van der Waals surface area contributed by atoms with Crippen molar-refractivity contribution in [2.24, 2.45) is 0 Å². The summed E-state index contributed by atoms with van der Waals surface area (Å²) in [5, 5.41) is 2.23. The summed E-state index contributed by atoms with van der Waals surface area (Å²) in [7, 11) is 0. The van der Waals surface area contributed by atoms with Crippen LogP contribution in [0.25, 0.3) is 11.1 Å². The first-order chi connectivity index (χ1) is 20.9. The average Bonchev–Trinajstić information content (AvgIpc) is 3.28. The van der Waals surface area contributed by atoms with Gasteiger partial charge in [0.1, 0.15) is 12.6 Å². The summed E-state index contributed by atoms with van der Waals surface area (Å²) in [4.78, 5) is 68.4. The molecule has 3 heterocycles. The van der Waals surface area contributed by atoms with Gasteiger partial charge in [0, 0.05) is 39.1 Å². The summed E-state index contributed by atoms with van der Waals surface area (Å²) >= 11 is 0. The molecule has 5 amide bonds. The molecule has 6 rings (SSSR count). The second-order valence-corrected chi connectivity index (χ2v) is 11.0. The van der Waals surface area contributed by atoms with Gasteiger partial charge in [-0.05, 0) is 34.7 Å². The second kappa shape index (κ2) is 12.3. The zero-order valence-corrected chi connectivity index (χ0v) is 23.7. The molecule has 10 nitrogen and oxygen atoms in total. The topological polar surface area (TPSA) is 116 Å². The zero-order chi connectivity index (χ0) is 29.9. The number of fused-ring (bicyclic) bond motifs is 1. The van der Waals surface area contributed by atoms with E-state index in [1.165, 1.54) is 0 Å². The number of amides is 5. The number of hydrogen-bond acceptors (Lipinski definition) is 7. The van der Waals surface area contributed by atoms with Crippen molar-refractivity contribution in [3.8, 4) is 11.1 Å². The number of piperidine rings is 1. The maximum absolute atomic E-state index is 13.5. The molecule has 0 saturated carbocycles. The highest BCUT2D eigenvalue weighted by Crippen LogP contribution is 2.35. The molecular formula is C33H32N4O6. The van der Waals surface area contributed by atoms with Crippen LogP contribution in [0, 0.1) is 0 Å². The fraction of sp³-hybridized carbons (Fsp3) is 0.303. The van der Waals surface area contributed by atoms with Gasteiger partial charge in [-0.1, -0.05) is 66.7 Å². The Bertz CT molecular complexity index is 1560. The number of carbonyl (C=O) groups excluding carboxylic acids is 5. The van der Waals surface area contributed by atoms with E-state index in [9.17, 15) is 24.0 Å². The Hall–Kier alpha value is -4.67. The summed E-state index contributed by atoms with van der Waals surface area (Å²) in [5.41, 5.74) is 4.08. The summed E-state index contributed by atoms with van der Waals surface area (Å²) in [6.45, 7) is 4.00. The number of rotatable bonds is 8. The molecule has 43 heavy (non-hydrogen) atoms. The predicted octanol–water partition coefficient (Wildman–Crippen LogP) is 2.62. The summed E-state index contributed by atoms with van der Waals surface area (Å²) in [5.74, 6) is -2.07. The molecule has 0 spiro atoms. The minimum absolute atomic E-state index is 0.000439. The van der Waals surface area contributed by atoms with Crippen LogP contribution in [0.4, 0.5) is 0 Å². The Balaban J connectivity index is 1.05. The van der Waals surface area contributed by atoms with Crippen LogP contribution >= 0.6 is 0 Å². The Morgan fingerprint density at radius 3 is 2.23 bits per heavy atom. The molecule has 3 aromatic carbocycles. The third-order valence-corrected chi connectivity index (χ3v) is 8.20. The number of piperazine rings is 1. The van der Waals surface area contributed by atoms with E-state index < -0.39 is 29.7 Å². The lowest BCUT2D eigenvalue weighted by molar-refractivity contribution is -0.138. The highest BCUT2D eigenvalue weighted by molar-refractivity contribution is 6.25. The quantitative estimate of drug-likeness (QED) is 0.407. The van der Waals surface area contributed by atoms with Crippen molar-refractivity contribution in [1.82, 2.24) is 20.0 Å². The summed E-state index contributed by atoms with van der Waals surface area (Å²) in [6.07, 6.45) is 0.192. The number of nitrogens with one attached hydrogen (secondary N) is 1. The number of benzene rings is 3. The maximum Gasteiger partial charge on any atom is 0.262 e. The van der Waals surface area contributed by atoms with E-state index in [4.69, 9.17) is 4.74 Å². The maximum atomic E-state index is 13.5. The van der Waals surface area contributed by atoms with Crippen LogP contribution in [0.1, 0.15) is 44.7 Å². The standard InChI is InChI=1S/C33H32N4O6/c38-28-14-13-27(31(40)34-28)37-32(41)26-8-4-7-25(30(26)33(37)42)24-11-9-22(10-12-24)19-35-15-17-36(18-16-35)29(39)21-43-20-23-5-2-1-3-6-23/h1-12,27H,13-21H2,(H,34,38,40). The van der Waals surface area contributed by atoms with E-state index >= 15 is 0 Å². The summed E-state index contributed by atoms with van der Waals surface area (Å²) < 4.78 is 5.61. The molecule has 2 saturated heterocycles. The Labute approximate surface area is 249 Å². The van der Waals surface area contributed by atoms with Gasteiger partial charge in [0.25, 0.3) is 11.8 Å². The van der Waals surface area contributed by atoms with Gasteiger partial charge in [-0.2, -0.15) is 0 Å². The van der Waals surface area contributed by atoms with Gasteiger partial charge in [-0.15, -0.1) is 0 Å². The molecule has 1 unspecified atom stereocenters. The Morgan fingerprint density at radius 2 is 1.51 bits per heavy atom. The third kappa shape index (κ3) is 5.97. The molecule has 3 aromatic rings. The highest BCUT2D eigenvalue weighted by atomic mass is 16.5. The molecule has 220 valence electrons. The van der Waals surface area contributed by atoms with E-state index in [0.29, 0.717) is 25.3 Å². The average molecular weight is 581 g/mol. The highest BCUT2D eigenvalue weighted by Gasteiger charge is 2.45. The van der Waals surface area contributed by atoms with Gasteiger partial charge in [0.05, 0.1) is 17.7 Å². The van der Waals surface area contributed by atoms with Gasteiger partial charge in [-0.25, -0.2) is 0 Å². The normalized spacial score (nSPS) is 19.0. The molecule has 1 atom stereocenters. The van der Waals surface area contributed by atoms with Gasteiger partial charge in [-0.3, -0.25) is 39.1 Å². The summed E-state index contributed by atoms with van der Waals surface area (Å²) in [6, 6.07) is 21.8. The van der Waals surface area contributed by atoms with Gasteiger partial charge >= 0.3 is 0 Å². The van der Waals surface area contributed by atoms with Crippen molar-refractivity contribution in [3.63, 3.8) is 0 Å². The largest absolute Gasteiger partial charge is 0.367 e. The molecule has 0 aromatic heterocycles. The molecule has 0 bridgehead atoms. The minimum Gasteiger partial charge on any atom is -0.367 e. The van der Waals surface area contributed by atoms with Crippen LogP contribution in [-0.2, 0) is 32.3 Å². The lowest BCUT2D eigenvalue weighted by Crippen LogP contribution is -2.54. The van der Waals surface area contributed by atoms with E-state index in [-0.39, 0.29) is 36.5 Å². The smallest absolute Gasteiger partial charge is 0.262 e. The molecule has 3 aliphatic rings. The molecule has 1 N–H and O–H groups in total. The third-order valence-electron chi connectivity index (χ3n) is 8.20. The number of nitrogens with zero attached hydrogens (tertiary/aromatic N) is 3. The molecule has 10 heteroatoms. The SMILES string of the molecule is O=C1CCC(N2C(=O)c3cccc(-c4ccc(CN5CCN(C(=O)COCc6ccccc6)CC5)cc4)c3C2=O)C(=O)N1. The molecular weight excluding hydrogens is 548 g/mol. The van der Waals surface area contributed by atoms with Gasteiger partial charge < -0.3 is 9.64 Å². The predicted molar refractivity (Wildman–Crippen MR) is 157 cm³/mol. The minimum atomic E-state index is -1.00. The lowest BCUT2D eigenvalue weighted by atomic mass is 9.96. The lowest BCUT2D eigenvalue weighted by Gasteiger charge is -2.34. The van der Waals surface area contributed by atoms with Crippen LogP contribution in [-0.4, -0.2) is 83.1 Å². The Kier molecular flexibility index (Phi) is 8.13. The first-order valence-corrected chi connectivity index (χ1v) is 14.4. The fourth-order valence-electron chi connectivity index (χ4n) is 5.88. The second-order valence-electron chi connectivity index (χ2n) is 11.0. The van der Waals surface area contributed by atoms with Crippen LogP contribution in [0.2, 0.25) is 0 Å². The Morgan fingerprint density at radius 1 is 0.791 bits per heavy atom. The molecule has 3 aliphatic heterocycles. The van der Waals surface area contributed by atoms with E-state index in [1.807, 2.05) is 59.5 Å². The van der Waals surface area contributed by atoms with Crippen LogP contribution < -0.4 is 5.32 Å². The number of ether oxygens (including phenoxy) is 1. The van der Waals surface area contributed by atoms with Gasteiger partial charge in [0.15, 0.2) is 0 Å². The van der Waals surface area contributed by atoms with Crippen molar-refractivity contribution in [2.75, 3.05) is 32.8 Å². The van der Waals surface area contributed by atoms with Crippen LogP contribution in [0.3, 0.4) is 0 Å². The van der Waals surface area contributed by atoms with Crippen molar-refractivity contribution >= 4 is 29.5 Å².